The Morgan fingerprint density at radius 3 is 2.55 bits per heavy atom. The van der Waals surface area contributed by atoms with Crippen LogP contribution in [-0.2, 0) is 17.8 Å². The number of nitro benzene ring substituents is 1. The van der Waals surface area contributed by atoms with Gasteiger partial charge in [-0.25, -0.2) is 0 Å². The van der Waals surface area contributed by atoms with Crippen LogP contribution < -0.4 is 20.9 Å². The second-order valence-corrected chi connectivity index (χ2v) is 9.84. The normalized spacial score (nSPS) is 14.6. The molecule has 1 aliphatic heterocycles. The molecule has 40 heavy (non-hydrogen) atoms. The molecule has 1 aliphatic rings. The quantitative estimate of drug-likeness (QED) is 0.190. The highest BCUT2D eigenvalue weighted by Crippen LogP contribution is 2.27. The predicted molar refractivity (Wildman–Crippen MR) is 154 cm³/mol. The van der Waals surface area contributed by atoms with Gasteiger partial charge in [0.2, 0.25) is 5.91 Å². The Kier molecular flexibility index (Phi) is 9.82. The van der Waals surface area contributed by atoms with Crippen LogP contribution in [0.15, 0.2) is 72.8 Å². The first kappa shape index (κ1) is 28.7. The first-order valence-electron chi connectivity index (χ1n) is 13.5. The van der Waals surface area contributed by atoms with Crippen molar-refractivity contribution in [3.63, 3.8) is 0 Å². The molecule has 10 nitrogen and oxygen atoms in total. The molecule has 1 heterocycles. The lowest BCUT2D eigenvalue weighted by atomic mass is 10.00. The lowest BCUT2D eigenvalue weighted by Gasteiger charge is -2.25. The molecule has 10 heteroatoms. The maximum atomic E-state index is 13.5. The summed E-state index contributed by atoms with van der Waals surface area (Å²) in [5, 5.41) is 31.6. The van der Waals surface area contributed by atoms with Crippen LogP contribution in [-0.4, -0.2) is 53.6 Å². The minimum Gasteiger partial charge on any atom is -0.390 e. The van der Waals surface area contributed by atoms with Gasteiger partial charge in [0, 0.05) is 61.7 Å². The van der Waals surface area contributed by atoms with Crippen molar-refractivity contribution in [3.8, 4) is 0 Å². The van der Waals surface area contributed by atoms with E-state index in [0.717, 1.165) is 17.7 Å². The number of nitrogens with one attached hydrogen (secondary N) is 3. The molecule has 0 aromatic heterocycles. The van der Waals surface area contributed by atoms with Gasteiger partial charge in [-0.2, -0.15) is 0 Å². The van der Waals surface area contributed by atoms with Crippen molar-refractivity contribution in [2.24, 2.45) is 0 Å². The molecular formula is C30H35N5O5. The molecule has 0 spiro atoms. The first-order chi connectivity index (χ1) is 19.3. The zero-order valence-corrected chi connectivity index (χ0v) is 22.5. The van der Waals surface area contributed by atoms with Gasteiger partial charge in [0.05, 0.1) is 17.1 Å². The van der Waals surface area contributed by atoms with Crippen LogP contribution in [0.3, 0.4) is 0 Å². The van der Waals surface area contributed by atoms with E-state index < -0.39 is 17.1 Å². The van der Waals surface area contributed by atoms with Gasteiger partial charge in [0.1, 0.15) is 0 Å². The molecule has 210 valence electrons. The average Bonchev–Trinajstić information content (AvgIpc) is 3.39. The van der Waals surface area contributed by atoms with Gasteiger partial charge in [-0.1, -0.05) is 42.5 Å². The number of benzene rings is 3. The molecule has 0 aliphatic carbocycles. The molecule has 0 saturated carbocycles. The molecule has 2 atom stereocenters. The van der Waals surface area contributed by atoms with Crippen molar-refractivity contribution < 1.29 is 19.6 Å². The summed E-state index contributed by atoms with van der Waals surface area (Å²) < 4.78 is 0. The van der Waals surface area contributed by atoms with E-state index in [0.29, 0.717) is 49.3 Å². The van der Waals surface area contributed by atoms with Crippen LogP contribution in [0, 0.1) is 10.1 Å². The standard InChI is InChI=1S/C30H35N5O5/c1-2-32-24-16-23(17-26(18-24)34-13-7-12-29(34)37)30(38)33-27(15-21-8-4-3-5-9-21)28(36)20-31-19-22-10-6-11-25(14-22)35(39)40/h3-6,8-11,14,16-18,27-28,31-32,36H,2,7,12-13,15,19-20H2,1H3,(H,33,38)/t27-,28-/m0/s1. The van der Waals surface area contributed by atoms with Gasteiger partial charge in [0.15, 0.2) is 0 Å². The number of anilines is 2. The maximum Gasteiger partial charge on any atom is 0.269 e. The largest absolute Gasteiger partial charge is 0.390 e. The molecular weight excluding hydrogens is 510 g/mol. The summed E-state index contributed by atoms with van der Waals surface area (Å²) in [6, 6.07) is 20.6. The molecule has 0 radical (unpaired) electrons. The number of non-ortho nitro benzene ring substituents is 1. The zero-order valence-electron chi connectivity index (χ0n) is 22.5. The first-order valence-corrected chi connectivity index (χ1v) is 13.5. The van der Waals surface area contributed by atoms with Gasteiger partial charge in [-0.15, -0.1) is 0 Å². The number of nitro groups is 1. The zero-order chi connectivity index (χ0) is 28.5. The number of carbonyl (C=O) groups excluding carboxylic acids is 2. The summed E-state index contributed by atoms with van der Waals surface area (Å²) >= 11 is 0. The monoisotopic (exact) mass is 545 g/mol. The smallest absolute Gasteiger partial charge is 0.269 e. The second-order valence-electron chi connectivity index (χ2n) is 9.84. The summed E-state index contributed by atoms with van der Waals surface area (Å²) in [5.41, 5.74) is 3.48. The maximum absolute atomic E-state index is 13.5. The Morgan fingerprint density at radius 1 is 1.07 bits per heavy atom. The Morgan fingerprint density at radius 2 is 1.85 bits per heavy atom. The van der Waals surface area contributed by atoms with Gasteiger partial charge in [-0.3, -0.25) is 19.7 Å². The van der Waals surface area contributed by atoms with Crippen LogP contribution >= 0.6 is 0 Å². The third-order valence-electron chi connectivity index (χ3n) is 6.83. The number of rotatable bonds is 13. The summed E-state index contributed by atoms with van der Waals surface area (Å²) in [7, 11) is 0. The molecule has 4 N–H and O–H groups in total. The lowest BCUT2D eigenvalue weighted by molar-refractivity contribution is -0.384. The topological polar surface area (TPSA) is 137 Å². The Hall–Kier alpha value is -4.28. The Bertz CT molecular complexity index is 1330. The van der Waals surface area contributed by atoms with Crippen LogP contribution in [0.4, 0.5) is 17.1 Å². The summed E-state index contributed by atoms with van der Waals surface area (Å²) in [6.45, 7) is 3.71. The van der Waals surface area contributed by atoms with E-state index in [1.807, 2.05) is 43.3 Å². The summed E-state index contributed by atoms with van der Waals surface area (Å²) in [4.78, 5) is 38.2. The second kappa shape index (κ2) is 13.7. The van der Waals surface area contributed by atoms with E-state index in [1.165, 1.54) is 12.1 Å². The van der Waals surface area contributed by atoms with Crippen molar-refractivity contribution in [1.29, 1.82) is 0 Å². The van der Waals surface area contributed by atoms with Crippen LogP contribution in [0.1, 0.15) is 41.3 Å². The third kappa shape index (κ3) is 7.64. The third-order valence-corrected chi connectivity index (χ3v) is 6.83. The summed E-state index contributed by atoms with van der Waals surface area (Å²) in [6.07, 6.45) is 0.720. The number of carbonyl (C=O) groups is 2. The van der Waals surface area contributed by atoms with Crippen LogP contribution in [0.5, 0.6) is 0 Å². The van der Waals surface area contributed by atoms with Crippen molar-refractivity contribution in [2.45, 2.75) is 44.9 Å². The predicted octanol–water partition coefficient (Wildman–Crippen LogP) is 3.65. The highest BCUT2D eigenvalue weighted by molar-refractivity contribution is 6.00. The fourth-order valence-corrected chi connectivity index (χ4v) is 4.82. The molecule has 1 fully saturated rings. The van der Waals surface area contributed by atoms with E-state index in [1.54, 1.807) is 29.2 Å². The average molecular weight is 546 g/mol. The molecule has 3 aromatic rings. The molecule has 0 unspecified atom stereocenters. The van der Waals surface area contributed by atoms with Crippen molar-refractivity contribution in [1.82, 2.24) is 10.6 Å². The highest BCUT2D eigenvalue weighted by atomic mass is 16.6. The van der Waals surface area contributed by atoms with E-state index >= 15 is 0 Å². The number of aliphatic hydroxyl groups is 1. The number of hydrogen-bond donors (Lipinski definition) is 4. The highest BCUT2D eigenvalue weighted by Gasteiger charge is 2.26. The van der Waals surface area contributed by atoms with Crippen molar-refractivity contribution >= 4 is 28.9 Å². The van der Waals surface area contributed by atoms with E-state index in [4.69, 9.17) is 0 Å². The minimum atomic E-state index is -0.945. The Balaban J connectivity index is 1.49. The Labute approximate surface area is 233 Å². The van der Waals surface area contributed by atoms with E-state index in [-0.39, 0.29) is 24.0 Å². The molecule has 3 aromatic carbocycles. The molecule has 4 rings (SSSR count). The number of nitrogens with zero attached hydrogens (tertiary/aromatic N) is 2. The SMILES string of the molecule is CCNc1cc(C(=O)N[C@@H](Cc2ccccc2)[C@@H](O)CNCc2cccc([N+](=O)[O-])c2)cc(N2CCCC2=O)c1. The molecule has 0 bridgehead atoms. The van der Waals surface area contributed by atoms with Crippen LogP contribution in [0.2, 0.25) is 0 Å². The fraction of sp³-hybridized carbons (Fsp3) is 0.333. The number of aliphatic hydroxyl groups excluding tert-OH is 1. The van der Waals surface area contributed by atoms with E-state index in [2.05, 4.69) is 16.0 Å². The minimum absolute atomic E-state index is 0.00357. The van der Waals surface area contributed by atoms with E-state index in [9.17, 15) is 24.8 Å². The van der Waals surface area contributed by atoms with Crippen molar-refractivity contribution in [2.75, 3.05) is 29.9 Å². The van der Waals surface area contributed by atoms with Gasteiger partial charge in [0.25, 0.3) is 11.6 Å². The molecule has 2 amide bonds. The summed E-state index contributed by atoms with van der Waals surface area (Å²) in [5.74, 6) is -0.321. The van der Waals surface area contributed by atoms with Gasteiger partial charge >= 0.3 is 0 Å². The van der Waals surface area contributed by atoms with Crippen LogP contribution in [0.25, 0.3) is 0 Å². The lowest BCUT2D eigenvalue weighted by Crippen LogP contribution is -2.48. The fourth-order valence-electron chi connectivity index (χ4n) is 4.82. The van der Waals surface area contributed by atoms with Gasteiger partial charge < -0.3 is 26.0 Å². The molecule has 1 saturated heterocycles. The number of hydrogen-bond acceptors (Lipinski definition) is 7. The number of amides is 2. The van der Waals surface area contributed by atoms with Crippen molar-refractivity contribution in [3.05, 3.63) is 99.6 Å². The van der Waals surface area contributed by atoms with Gasteiger partial charge in [-0.05, 0) is 49.1 Å².